The molecule has 0 aliphatic carbocycles. The van der Waals surface area contributed by atoms with E-state index in [0.29, 0.717) is 22.7 Å². The summed E-state index contributed by atoms with van der Waals surface area (Å²) in [4.78, 5) is 19.0. The predicted molar refractivity (Wildman–Crippen MR) is 89.7 cm³/mol. The van der Waals surface area contributed by atoms with Crippen LogP contribution in [0.2, 0.25) is 0 Å². The van der Waals surface area contributed by atoms with Gasteiger partial charge in [-0.3, -0.25) is 4.57 Å². The number of carboxylic acid groups (broad SMARTS) is 1. The minimum atomic E-state index is -1.08. The molecule has 0 fully saturated rings. The van der Waals surface area contributed by atoms with Crippen molar-refractivity contribution in [2.45, 2.75) is 13.0 Å². The molecule has 2 N–H and O–H groups in total. The summed E-state index contributed by atoms with van der Waals surface area (Å²) in [5, 5.41) is 19.5. The minimum absolute atomic E-state index is 0.333. The molecule has 0 aliphatic heterocycles. The van der Waals surface area contributed by atoms with E-state index >= 15 is 0 Å². The van der Waals surface area contributed by atoms with Crippen molar-refractivity contribution in [3.8, 4) is 11.6 Å². The maximum Gasteiger partial charge on any atom is 0.341 e. The summed E-state index contributed by atoms with van der Waals surface area (Å²) >= 11 is 0. The van der Waals surface area contributed by atoms with Gasteiger partial charge in [-0.05, 0) is 25.1 Å². The molecule has 0 bridgehead atoms. The predicted octanol–water partition coefficient (Wildman–Crippen LogP) is 2.12. The van der Waals surface area contributed by atoms with E-state index in [-0.39, 0.29) is 0 Å². The van der Waals surface area contributed by atoms with Crippen LogP contribution in [0.3, 0.4) is 0 Å². The molecule has 0 aliphatic rings. The van der Waals surface area contributed by atoms with Crippen molar-refractivity contribution in [1.29, 1.82) is 0 Å². The third-order valence-electron chi connectivity index (χ3n) is 3.67. The number of carbonyl (C=O) groups is 1. The third-order valence-corrected chi connectivity index (χ3v) is 3.67. The van der Waals surface area contributed by atoms with Gasteiger partial charge in [0.25, 0.3) is 0 Å². The average Bonchev–Trinajstić information content (AvgIpc) is 3.14. The highest BCUT2D eigenvalue weighted by Gasteiger charge is 2.17. The fourth-order valence-electron chi connectivity index (χ4n) is 2.44. The van der Waals surface area contributed by atoms with E-state index in [4.69, 9.17) is 9.84 Å². The van der Waals surface area contributed by atoms with Crippen molar-refractivity contribution < 1.29 is 19.7 Å². The Morgan fingerprint density at radius 3 is 2.80 bits per heavy atom. The van der Waals surface area contributed by atoms with E-state index in [1.165, 1.54) is 0 Å². The zero-order valence-corrected chi connectivity index (χ0v) is 13.5. The van der Waals surface area contributed by atoms with Crippen LogP contribution >= 0.6 is 0 Å². The Hall–Kier alpha value is -3.19. The lowest BCUT2D eigenvalue weighted by Gasteiger charge is -2.17. The third kappa shape index (κ3) is 3.84. The second-order valence-corrected chi connectivity index (χ2v) is 5.55. The molecule has 1 atom stereocenters. The minimum Gasteiger partial charge on any atom is -0.482 e. The number of rotatable bonds is 6. The molecule has 128 valence electrons. The topological polar surface area (TPSA) is 97.5 Å². The summed E-state index contributed by atoms with van der Waals surface area (Å²) in [5.74, 6) is -0.0633. The van der Waals surface area contributed by atoms with Crippen molar-refractivity contribution in [2.24, 2.45) is 0 Å². The molecule has 3 rings (SSSR count). The van der Waals surface area contributed by atoms with E-state index in [1.807, 2.05) is 6.92 Å². The number of pyridine rings is 1. The van der Waals surface area contributed by atoms with Gasteiger partial charge in [-0.2, -0.15) is 0 Å². The Morgan fingerprint density at radius 1 is 1.32 bits per heavy atom. The molecule has 0 radical (unpaired) electrons. The number of hydrogen-bond acceptors (Lipinski definition) is 5. The largest absolute Gasteiger partial charge is 0.482 e. The molecule has 1 unspecified atom stereocenters. The first-order valence-electron chi connectivity index (χ1n) is 7.62. The van der Waals surface area contributed by atoms with Gasteiger partial charge in [-0.15, -0.1) is 0 Å². The highest BCUT2D eigenvalue weighted by atomic mass is 16.5. The van der Waals surface area contributed by atoms with Crippen LogP contribution in [0.1, 0.15) is 22.8 Å². The second-order valence-electron chi connectivity index (χ2n) is 5.55. The van der Waals surface area contributed by atoms with Gasteiger partial charge in [-0.25, -0.2) is 14.8 Å². The Labute approximate surface area is 144 Å². The summed E-state index contributed by atoms with van der Waals surface area (Å²) in [5.41, 5.74) is 2.01. The molecule has 3 aromatic rings. The maximum absolute atomic E-state index is 10.7. The Morgan fingerprint density at radius 2 is 2.16 bits per heavy atom. The summed E-state index contributed by atoms with van der Waals surface area (Å²) < 4.78 is 7.04. The molecule has 0 saturated heterocycles. The van der Waals surface area contributed by atoms with E-state index in [0.717, 1.165) is 5.56 Å². The van der Waals surface area contributed by atoms with Crippen LogP contribution < -0.4 is 4.74 Å². The van der Waals surface area contributed by atoms with Crippen molar-refractivity contribution in [3.05, 3.63) is 71.9 Å². The number of aliphatic hydroxyl groups excluding tert-OH is 1. The molecule has 1 aromatic carbocycles. The van der Waals surface area contributed by atoms with Crippen LogP contribution in [0.4, 0.5) is 0 Å². The summed E-state index contributed by atoms with van der Waals surface area (Å²) in [7, 11) is 0. The van der Waals surface area contributed by atoms with Crippen molar-refractivity contribution in [1.82, 2.24) is 14.5 Å². The number of aliphatic carboxylic acids is 1. The first-order chi connectivity index (χ1) is 12.0. The Bertz CT molecular complexity index is 861. The second kappa shape index (κ2) is 7.14. The molecule has 7 heteroatoms. The van der Waals surface area contributed by atoms with E-state index < -0.39 is 18.7 Å². The van der Waals surface area contributed by atoms with Crippen LogP contribution in [0.15, 0.2) is 55.2 Å². The first-order valence-corrected chi connectivity index (χ1v) is 7.62. The Balaban J connectivity index is 1.88. The number of aromatic nitrogens is 3. The molecular formula is C18H17N3O4. The van der Waals surface area contributed by atoms with Gasteiger partial charge in [-0.1, -0.05) is 17.7 Å². The van der Waals surface area contributed by atoms with E-state index in [2.05, 4.69) is 9.97 Å². The van der Waals surface area contributed by atoms with Crippen LogP contribution in [0.5, 0.6) is 5.75 Å². The molecule has 25 heavy (non-hydrogen) atoms. The molecule has 0 saturated carbocycles. The number of benzene rings is 1. The number of ether oxygens (including phenoxy) is 1. The Kier molecular flexibility index (Phi) is 4.76. The number of imidazole rings is 1. The van der Waals surface area contributed by atoms with Crippen molar-refractivity contribution >= 4 is 5.97 Å². The van der Waals surface area contributed by atoms with Gasteiger partial charge in [0.05, 0.1) is 0 Å². The first kappa shape index (κ1) is 16.7. The molecule has 2 heterocycles. The lowest BCUT2D eigenvalue weighted by Crippen LogP contribution is -2.12. The van der Waals surface area contributed by atoms with Gasteiger partial charge in [0.1, 0.15) is 24.0 Å². The number of carboxylic acids is 1. The monoisotopic (exact) mass is 339 g/mol. The van der Waals surface area contributed by atoms with Gasteiger partial charge in [0.2, 0.25) is 0 Å². The zero-order valence-electron chi connectivity index (χ0n) is 13.5. The number of nitrogens with zero attached hydrogens (tertiary/aromatic N) is 3. The van der Waals surface area contributed by atoms with Crippen LogP contribution in [-0.2, 0) is 4.79 Å². The number of hydrogen-bond donors (Lipinski definition) is 2. The fraction of sp³-hybridized carbons (Fsp3) is 0.167. The maximum atomic E-state index is 10.7. The van der Waals surface area contributed by atoms with Crippen LogP contribution in [0.25, 0.3) is 5.82 Å². The van der Waals surface area contributed by atoms with E-state index in [9.17, 15) is 9.90 Å². The molecule has 0 amide bonds. The van der Waals surface area contributed by atoms with Gasteiger partial charge < -0.3 is 14.9 Å². The molecular weight excluding hydrogens is 322 g/mol. The van der Waals surface area contributed by atoms with Gasteiger partial charge in [0, 0.05) is 29.7 Å². The standard InChI is InChI=1S/C18H17N3O4/c1-12-2-4-15(25-10-17(22)23)14(8-12)18(24)13-3-5-16(20-9-13)21-7-6-19-11-21/h2-9,11,18,24H,10H2,1H3,(H,22,23). The number of aryl methyl sites for hydroxylation is 1. The highest BCUT2D eigenvalue weighted by molar-refractivity contribution is 5.68. The zero-order chi connectivity index (χ0) is 17.8. The number of aliphatic hydroxyl groups is 1. The molecule has 0 spiro atoms. The van der Waals surface area contributed by atoms with Crippen LogP contribution in [-0.4, -0.2) is 37.3 Å². The molecule has 7 nitrogen and oxygen atoms in total. The fourth-order valence-corrected chi connectivity index (χ4v) is 2.44. The summed E-state index contributed by atoms with van der Waals surface area (Å²) in [6, 6.07) is 8.76. The van der Waals surface area contributed by atoms with E-state index in [1.54, 1.807) is 59.8 Å². The quantitative estimate of drug-likeness (QED) is 0.714. The lowest BCUT2D eigenvalue weighted by molar-refractivity contribution is -0.139. The van der Waals surface area contributed by atoms with Gasteiger partial charge in [0.15, 0.2) is 6.61 Å². The van der Waals surface area contributed by atoms with Crippen molar-refractivity contribution in [2.75, 3.05) is 6.61 Å². The summed E-state index contributed by atoms with van der Waals surface area (Å²) in [6.45, 7) is 1.41. The van der Waals surface area contributed by atoms with Gasteiger partial charge >= 0.3 is 5.97 Å². The molecule has 2 aromatic heterocycles. The summed E-state index contributed by atoms with van der Waals surface area (Å²) in [6.07, 6.45) is 5.66. The SMILES string of the molecule is Cc1ccc(OCC(=O)O)c(C(O)c2ccc(-n3ccnc3)nc2)c1. The van der Waals surface area contributed by atoms with Crippen LogP contribution in [0, 0.1) is 6.92 Å². The normalized spacial score (nSPS) is 11.9. The smallest absolute Gasteiger partial charge is 0.341 e. The van der Waals surface area contributed by atoms with Crippen molar-refractivity contribution in [3.63, 3.8) is 0 Å². The highest BCUT2D eigenvalue weighted by Crippen LogP contribution is 2.31. The lowest BCUT2D eigenvalue weighted by atomic mass is 10.00. The average molecular weight is 339 g/mol.